The highest BCUT2D eigenvalue weighted by atomic mass is 32.1. The number of carbonyl (C=O) groups excluding carboxylic acids is 1. The SMILES string of the molecule is O=C(/C=C/c1ccccc1)OCc1csc(-c2ccc(F)cc2)n1. The predicted octanol–water partition coefficient (Wildman–Crippen LogP) is 4.71. The van der Waals surface area contributed by atoms with Gasteiger partial charge in [-0.05, 0) is 35.9 Å². The second-order valence-corrected chi connectivity index (χ2v) is 5.86. The summed E-state index contributed by atoms with van der Waals surface area (Å²) >= 11 is 1.43. The lowest BCUT2D eigenvalue weighted by molar-refractivity contribution is -0.139. The van der Waals surface area contributed by atoms with Crippen molar-refractivity contribution in [2.75, 3.05) is 0 Å². The molecule has 0 amide bonds. The molecule has 3 rings (SSSR count). The highest BCUT2D eigenvalue weighted by Crippen LogP contribution is 2.24. The lowest BCUT2D eigenvalue weighted by Gasteiger charge is -1.99. The van der Waals surface area contributed by atoms with Crippen LogP contribution in [0.5, 0.6) is 0 Å². The van der Waals surface area contributed by atoms with Crippen LogP contribution in [0.4, 0.5) is 4.39 Å². The Morgan fingerprint density at radius 1 is 1.12 bits per heavy atom. The van der Waals surface area contributed by atoms with E-state index in [1.165, 1.54) is 29.5 Å². The molecule has 0 aliphatic rings. The molecule has 0 spiro atoms. The van der Waals surface area contributed by atoms with E-state index < -0.39 is 5.97 Å². The summed E-state index contributed by atoms with van der Waals surface area (Å²) in [4.78, 5) is 16.1. The first kappa shape index (κ1) is 16.1. The van der Waals surface area contributed by atoms with E-state index in [1.807, 2.05) is 35.7 Å². The molecule has 2 aromatic carbocycles. The fourth-order valence-electron chi connectivity index (χ4n) is 2.02. The maximum absolute atomic E-state index is 12.9. The zero-order chi connectivity index (χ0) is 16.8. The lowest BCUT2D eigenvalue weighted by atomic mass is 10.2. The fourth-order valence-corrected chi connectivity index (χ4v) is 2.83. The van der Waals surface area contributed by atoms with E-state index in [1.54, 1.807) is 18.2 Å². The number of hydrogen-bond acceptors (Lipinski definition) is 4. The van der Waals surface area contributed by atoms with E-state index >= 15 is 0 Å². The summed E-state index contributed by atoms with van der Waals surface area (Å²) in [5.41, 5.74) is 2.44. The number of ether oxygens (including phenoxy) is 1. The van der Waals surface area contributed by atoms with Crippen molar-refractivity contribution in [3.05, 3.63) is 83.1 Å². The zero-order valence-electron chi connectivity index (χ0n) is 12.7. The minimum absolute atomic E-state index is 0.107. The van der Waals surface area contributed by atoms with Gasteiger partial charge < -0.3 is 4.74 Å². The quantitative estimate of drug-likeness (QED) is 0.499. The molecule has 0 unspecified atom stereocenters. The first-order chi connectivity index (χ1) is 11.7. The third-order valence-electron chi connectivity index (χ3n) is 3.22. The monoisotopic (exact) mass is 339 g/mol. The summed E-state index contributed by atoms with van der Waals surface area (Å²) < 4.78 is 18.1. The highest BCUT2D eigenvalue weighted by molar-refractivity contribution is 7.13. The molecule has 0 aliphatic heterocycles. The summed E-state index contributed by atoms with van der Waals surface area (Å²) in [7, 11) is 0. The van der Waals surface area contributed by atoms with Crippen LogP contribution in [0.1, 0.15) is 11.3 Å². The molecule has 1 heterocycles. The van der Waals surface area contributed by atoms with E-state index in [0.29, 0.717) is 5.69 Å². The summed E-state index contributed by atoms with van der Waals surface area (Å²) in [5.74, 6) is -0.704. The van der Waals surface area contributed by atoms with Crippen molar-refractivity contribution in [1.29, 1.82) is 0 Å². The molecule has 24 heavy (non-hydrogen) atoms. The maximum Gasteiger partial charge on any atom is 0.331 e. The van der Waals surface area contributed by atoms with Gasteiger partial charge in [-0.1, -0.05) is 30.3 Å². The van der Waals surface area contributed by atoms with Gasteiger partial charge in [0.1, 0.15) is 17.4 Å². The number of aromatic nitrogens is 1. The number of nitrogens with zero attached hydrogens (tertiary/aromatic N) is 1. The molecule has 0 bridgehead atoms. The third kappa shape index (κ3) is 4.36. The van der Waals surface area contributed by atoms with E-state index in [9.17, 15) is 9.18 Å². The van der Waals surface area contributed by atoms with Crippen molar-refractivity contribution in [2.45, 2.75) is 6.61 Å². The Balaban J connectivity index is 1.56. The van der Waals surface area contributed by atoms with E-state index in [0.717, 1.165) is 16.1 Å². The highest BCUT2D eigenvalue weighted by Gasteiger charge is 2.06. The van der Waals surface area contributed by atoms with Gasteiger partial charge in [0.25, 0.3) is 0 Å². The average molecular weight is 339 g/mol. The Labute approximate surface area is 143 Å². The van der Waals surface area contributed by atoms with Crippen LogP contribution in [0.15, 0.2) is 66.1 Å². The first-order valence-electron chi connectivity index (χ1n) is 7.31. The van der Waals surface area contributed by atoms with Crippen LogP contribution in [0, 0.1) is 5.82 Å². The van der Waals surface area contributed by atoms with Crippen molar-refractivity contribution >= 4 is 23.4 Å². The van der Waals surface area contributed by atoms with Gasteiger partial charge >= 0.3 is 5.97 Å². The van der Waals surface area contributed by atoms with Crippen molar-refractivity contribution in [2.24, 2.45) is 0 Å². The normalized spacial score (nSPS) is 10.9. The summed E-state index contributed by atoms with van der Waals surface area (Å²) in [6.45, 7) is 0.107. The molecule has 120 valence electrons. The second kappa shape index (κ2) is 7.66. The largest absolute Gasteiger partial charge is 0.456 e. The Morgan fingerprint density at radius 3 is 2.62 bits per heavy atom. The van der Waals surface area contributed by atoms with Crippen LogP contribution in [-0.2, 0) is 16.1 Å². The van der Waals surface area contributed by atoms with Gasteiger partial charge in [-0.3, -0.25) is 0 Å². The van der Waals surface area contributed by atoms with Crippen molar-refractivity contribution in [1.82, 2.24) is 4.98 Å². The molecule has 5 heteroatoms. The lowest BCUT2D eigenvalue weighted by Crippen LogP contribution is -2.00. The molecule has 0 atom stereocenters. The van der Waals surface area contributed by atoms with Crippen LogP contribution in [0.2, 0.25) is 0 Å². The molecule has 0 N–H and O–H groups in total. The Bertz CT molecular complexity index is 841. The van der Waals surface area contributed by atoms with Gasteiger partial charge in [-0.15, -0.1) is 11.3 Å². The molecular weight excluding hydrogens is 325 g/mol. The molecule has 1 aromatic heterocycles. The molecule has 0 saturated carbocycles. The number of carbonyl (C=O) groups is 1. The third-order valence-corrected chi connectivity index (χ3v) is 4.16. The molecule has 0 saturated heterocycles. The van der Waals surface area contributed by atoms with Crippen LogP contribution < -0.4 is 0 Å². The fraction of sp³-hybridized carbons (Fsp3) is 0.0526. The molecule has 0 radical (unpaired) electrons. The van der Waals surface area contributed by atoms with Crippen LogP contribution in [-0.4, -0.2) is 11.0 Å². The summed E-state index contributed by atoms with van der Waals surface area (Å²) in [5, 5.41) is 2.59. The van der Waals surface area contributed by atoms with Gasteiger partial charge in [0.2, 0.25) is 0 Å². The Hall–Kier alpha value is -2.79. The van der Waals surface area contributed by atoms with Gasteiger partial charge in [0.15, 0.2) is 0 Å². The minimum atomic E-state index is -0.421. The van der Waals surface area contributed by atoms with Crippen LogP contribution in [0.3, 0.4) is 0 Å². The Kier molecular flexibility index (Phi) is 5.13. The van der Waals surface area contributed by atoms with Crippen molar-refractivity contribution in [3.8, 4) is 10.6 Å². The van der Waals surface area contributed by atoms with Gasteiger partial charge in [-0.25, -0.2) is 14.2 Å². The molecule has 0 aliphatic carbocycles. The smallest absolute Gasteiger partial charge is 0.331 e. The minimum Gasteiger partial charge on any atom is -0.456 e. The van der Waals surface area contributed by atoms with Crippen LogP contribution >= 0.6 is 11.3 Å². The standard InChI is InChI=1S/C19H14FNO2S/c20-16-9-7-15(8-10-16)19-21-17(13-24-19)12-23-18(22)11-6-14-4-2-1-3-5-14/h1-11,13H,12H2/b11-6+. The van der Waals surface area contributed by atoms with Crippen molar-refractivity contribution in [3.63, 3.8) is 0 Å². The van der Waals surface area contributed by atoms with Gasteiger partial charge in [0, 0.05) is 17.0 Å². The molecular formula is C19H14FNO2S. The molecule has 3 aromatic rings. The predicted molar refractivity (Wildman–Crippen MR) is 92.8 cm³/mol. The summed E-state index contributed by atoms with van der Waals surface area (Å²) in [6.07, 6.45) is 3.09. The summed E-state index contributed by atoms with van der Waals surface area (Å²) in [6, 6.07) is 15.7. The van der Waals surface area contributed by atoms with Crippen molar-refractivity contribution < 1.29 is 13.9 Å². The van der Waals surface area contributed by atoms with E-state index in [-0.39, 0.29) is 12.4 Å². The van der Waals surface area contributed by atoms with Gasteiger partial charge in [-0.2, -0.15) is 0 Å². The average Bonchev–Trinajstić information content (AvgIpc) is 3.09. The van der Waals surface area contributed by atoms with E-state index in [2.05, 4.69) is 4.98 Å². The van der Waals surface area contributed by atoms with E-state index in [4.69, 9.17) is 4.74 Å². The van der Waals surface area contributed by atoms with Crippen LogP contribution in [0.25, 0.3) is 16.6 Å². The molecule has 3 nitrogen and oxygen atoms in total. The number of halogens is 1. The second-order valence-electron chi connectivity index (χ2n) is 5.00. The van der Waals surface area contributed by atoms with Gasteiger partial charge in [0.05, 0.1) is 5.69 Å². The number of rotatable bonds is 5. The molecule has 0 fully saturated rings. The zero-order valence-corrected chi connectivity index (χ0v) is 13.5. The maximum atomic E-state index is 12.9. The topological polar surface area (TPSA) is 39.2 Å². The number of hydrogen-bond donors (Lipinski definition) is 0. The Morgan fingerprint density at radius 2 is 1.88 bits per heavy atom. The first-order valence-corrected chi connectivity index (χ1v) is 8.19. The number of benzene rings is 2. The number of esters is 1. The number of thiazole rings is 1.